The molecule has 2 N–H and O–H groups in total. The van der Waals surface area contributed by atoms with Gasteiger partial charge in [0, 0.05) is 67.1 Å². The number of aryl methyl sites for hydroxylation is 1. The maximum Gasteiger partial charge on any atom is 0.262 e. The maximum atomic E-state index is 14.4. The lowest BCUT2D eigenvalue weighted by molar-refractivity contribution is -0.216. The molecule has 304 valence electrons. The average Bonchev–Trinajstić information content (AvgIpc) is 3.44. The van der Waals surface area contributed by atoms with Crippen LogP contribution in [0.15, 0.2) is 54.7 Å². The number of carbonyl (C=O) groups is 5. The first-order chi connectivity index (χ1) is 27.6. The van der Waals surface area contributed by atoms with Gasteiger partial charge in [-0.25, -0.2) is 0 Å². The van der Waals surface area contributed by atoms with Crippen molar-refractivity contribution in [1.82, 2.24) is 19.7 Å². The standard InChI is InChI=1S/C44H50ClN7O6/c1-43(2)41(44(3,4)42(43)58-31-14-11-27(25-46)34(45)24-31)52-36(53)17-16-35(40(52)57)51-38(55)32-15-13-30(23-33(32)39(51)56)50-21-19-49(20-22-50)18-8-6-5-7-9-29-12-10-28(26-48-29)37(47)54/h10-15,23-24,26,35,41-42H,5-9,16-22H2,1-4H3,(H2,47,54). The number of halogens is 1. The second kappa shape index (κ2) is 16.1. The van der Waals surface area contributed by atoms with Gasteiger partial charge in [0.05, 0.1) is 33.3 Å². The summed E-state index contributed by atoms with van der Waals surface area (Å²) >= 11 is 6.27. The quantitative estimate of drug-likeness (QED) is 0.169. The van der Waals surface area contributed by atoms with E-state index in [2.05, 4.69) is 14.8 Å². The first-order valence-corrected chi connectivity index (χ1v) is 20.5. The predicted octanol–water partition coefficient (Wildman–Crippen LogP) is 5.63. The number of likely N-dealkylation sites (tertiary alicyclic amines) is 1. The number of unbranched alkanes of at least 4 members (excludes halogenated alkanes) is 3. The van der Waals surface area contributed by atoms with Gasteiger partial charge in [-0.1, -0.05) is 52.1 Å². The van der Waals surface area contributed by atoms with Gasteiger partial charge in [-0.05, 0) is 74.7 Å². The van der Waals surface area contributed by atoms with E-state index in [1.165, 1.54) is 11.1 Å². The summed E-state index contributed by atoms with van der Waals surface area (Å²) in [5.41, 5.74) is 7.02. The fourth-order valence-corrected chi connectivity index (χ4v) is 10.1. The molecule has 13 nitrogen and oxygen atoms in total. The van der Waals surface area contributed by atoms with Crippen LogP contribution in [0, 0.1) is 22.2 Å². The smallest absolute Gasteiger partial charge is 0.262 e. The third kappa shape index (κ3) is 7.55. The van der Waals surface area contributed by atoms with Gasteiger partial charge in [0.25, 0.3) is 17.7 Å². The van der Waals surface area contributed by atoms with Gasteiger partial charge in [-0.3, -0.25) is 43.7 Å². The molecule has 1 atom stereocenters. The summed E-state index contributed by atoms with van der Waals surface area (Å²) < 4.78 is 6.39. The number of piperazine rings is 1. The zero-order valence-corrected chi connectivity index (χ0v) is 34.3. The molecule has 2 aromatic carbocycles. The lowest BCUT2D eigenvalue weighted by Gasteiger charge is -2.65. The van der Waals surface area contributed by atoms with Gasteiger partial charge < -0.3 is 15.4 Å². The summed E-state index contributed by atoms with van der Waals surface area (Å²) in [5, 5.41) is 9.54. The number of aromatic nitrogens is 1. The Labute approximate surface area is 344 Å². The van der Waals surface area contributed by atoms with Crippen LogP contribution in [0.2, 0.25) is 5.02 Å². The van der Waals surface area contributed by atoms with Crippen LogP contribution in [-0.4, -0.2) is 100 Å². The molecule has 3 fully saturated rings. The Bertz CT molecular complexity index is 2160. The molecular formula is C44H50ClN7O6. The number of carbonyl (C=O) groups excluding carboxylic acids is 5. The topological polar surface area (TPSA) is 170 Å². The Morgan fingerprint density at radius 1 is 0.897 bits per heavy atom. The van der Waals surface area contributed by atoms with Gasteiger partial charge in [0.15, 0.2) is 0 Å². The van der Waals surface area contributed by atoms with Gasteiger partial charge in [-0.2, -0.15) is 5.26 Å². The molecule has 58 heavy (non-hydrogen) atoms. The van der Waals surface area contributed by atoms with Crippen molar-refractivity contribution < 1.29 is 28.7 Å². The molecular weight excluding hydrogens is 758 g/mol. The van der Waals surface area contributed by atoms with Crippen molar-refractivity contribution in [1.29, 1.82) is 5.26 Å². The maximum absolute atomic E-state index is 14.4. The molecule has 5 amide bonds. The van der Waals surface area contributed by atoms with Crippen LogP contribution in [-0.2, 0) is 16.0 Å². The Hall–Kier alpha value is -5.32. The second-order valence-electron chi connectivity index (χ2n) is 17.1. The number of nitrogens with two attached hydrogens (primary N) is 1. The monoisotopic (exact) mass is 807 g/mol. The largest absolute Gasteiger partial charge is 0.489 e. The number of hydrogen-bond donors (Lipinski definition) is 1. The van der Waals surface area contributed by atoms with Crippen molar-refractivity contribution >= 4 is 46.8 Å². The number of ether oxygens (including phenoxy) is 1. The molecule has 7 rings (SSSR count). The number of amides is 5. The highest BCUT2D eigenvalue weighted by atomic mass is 35.5. The van der Waals surface area contributed by atoms with E-state index in [1.807, 2.05) is 45.9 Å². The van der Waals surface area contributed by atoms with Crippen molar-refractivity contribution in [3.63, 3.8) is 0 Å². The van der Waals surface area contributed by atoms with Crippen LogP contribution in [0.3, 0.4) is 0 Å². The number of nitriles is 1. The molecule has 14 heteroatoms. The number of nitrogens with zero attached hydrogens (tertiary/aromatic N) is 6. The third-order valence-electron chi connectivity index (χ3n) is 12.5. The van der Waals surface area contributed by atoms with Gasteiger partial charge in [0.1, 0.15) is 24.0 Å². The first kappa shape index (κ1) is 40.9. The molecule has 0 radical (unpaired) electrons. The Morgan fingerprint density at radius 3 is 2.26 bits per heavy atom. The molecule has 1 unspecified atom stereocenters. The van der Waals surface area contributed by atoms with E-state index in [1.54, 1.807) is 36.4 Å². The van der Waals surface area contributed by atoms with Gasteiger partial charge in [0.2, 0.25) is 11.8 Å². The summed E-state index contributed by atoms with van der Waals surface area (Å²) in [6, 6.07) is 14.1. The normalized spacial score (nSPS) is 22.8. The predicted molar refractivity (Wildman–Crippen MR) is 217 cm³/mol. The highest BCUT2D eigenvalue weighted by Crippen LogP contribution is 2.58. The molecule has 3 aliphatic heterocycles. The molecule has 4 aliphatic rings. The Balaban J connectivity index is 0.934. The van der Waals surface area contributed by atoms with Crippen LogP contribution in [0.5, 0.6) is 5.75 Å². The van der Waals surface area contributed by atoms with E-state index in [0.29, 0.717) is 16.9 Å². The molecule has 1 aromatic heterocycles. The van der Waals surface area contributed by atoms with E-state index in [-0.39, 0.29) is 34.9 Å². The summed E-state index contributed by atoms with van der Waals surface area (Å²) in [4.78, 5) is 78.4. The number of imide groups is 2. The van der Waals surface area contributed by atoms with Gasteiger partial charge >= 0.3 is 0 Å². The summed E-state index contributed by atoms with van der Waals surface area (Å²) in [6.45, 7) is 12.1. The molecule has 4 heterocycles. The van der Waals surface area contributed by atoms with Crippen molar-refractivity contribution in [2.75, 3.05) is 37.6 Å². The summed E-state index contributed by atoms with van der Waals surface area (Å²) in [7, 11) is 0. The number of hydrogen-bond acceptors (Lipinski definition) is 10. The number of piperidine rings is 1. The fraction of sp³-hybridized carbons (Fsp3) is 0.477. The SMILES string of the molecule is CC1(C)C(Oc2ccc(C#N)c(Cl)c2)C(C)(C)C1N1C(=O)CCC(N2C(=O)c3ccc(N4CCN(CCCCCCc5ccc(C(N)=O)cn5)CC4)cc3C2=O)C1=O. The minimum atomic E-state index is -1.10. The lowest BCUT2D eigenvalue weighted by Crippen LogP contribution is -2.77. The van der Waals surface area contributed by atoms with Crippen molar-refractivity contribution in [2.24, 2.45) is 16.6 Å². The van der Waals surface area contributed by atoms with Gasteiger partial charge in [-0.15, -0.1) is 0 Å². The van der Waals surface area contributed by atoms with E-state index in [4.69, 9.17) is 22.1 Å². The van der Waals surface area contributed by atoms with Crippen LogP contribution >= 0.6 is 11.6 Å². The number of primary amides is 1. The van der Waals surface area contributed by atoms with Crippen LogP contribution in [0.4, 0.5) is 5.69 Å². The van der Waals surface area contributed by atoms with E-state index in [9.17, 15) is 29.2 Å². The molecule has 1 aliphatic carbocycles. The second-order valence-corrected chi connectivity index (χ2v) is 17.5. The zero-order chi connectivity index (χ0) is 41.5. The van der Waals surface area contributed by atoms with E-state index < -0.39 is 52.6 Å². The molecule has 0 bridgehead atoms. The molecule has 1 saturated carbocycles. The Kier molecular flexibility index (Phi) is 11.4. The number of benzene rings is 2. The minimum absolute atomic E-state index is 0.0182. The van der Waals surface area contributed by atoms with Crippen LogP contribution in [0.1, 0.15) is 109 Å². The molecule has 0 spiro atoms. The highest BCUT2D eigenvalue weighted by molar-refractivity contribution is 6.31. The van der Waals surface area contributed by atoms with E-state index in [0.717, 1.165) is 81.1 Å². The van der Waals surface area contributed by atoms with Crippen LogP contribution in [0.25, 0.3) is 0 Å². The zero-order valence-electron chi connectivity index (χ0n) is 33.5. The fourth-order valence-electron chi connectivity index (χ4n) is 9.84. The summed E-state index contributed by atoms with van der Waals surface area (Å²) in [6.07, 6.45) is 6.40. The average molecular weight is 808 g/mol. The third-order valence-corrected chi connectivity index (χ3v) is 12.8. The Morgan fingerprint density at radius 2 is 1.60 bits per heavy atom. The number of rotatable bonds is 13. The van der Waals surface area contributed by atoms with Crippen molar-refractivity contribution in [2.45, 2.75) is 90.8 Å². The van der Waals surface area contributed by atoms with E-state index >= 15 is 0 Å². The summed E-state index contributed by atoms with van der Waals surface area (Å²) in [5.74, 6) is -1.93. The lowest BCUT2D eigenvalue weighted by atomic mass is 9.48. The van der Waals surface area contributed by atoms with Crippen molar-refractivity contribution in [3.8, 4) is 11.8 Å². The first-order valence-electron chi connectivity index (χ1n) is 20.1. The van der Waals surface area contributed by atoms with Crippen molar-refractivity contribution in [3.05, 3.63) is 87.7 Å². The number of fused-ring (bicyclic) bond motifs is 1. The molecule has 3 aromatic rings. The number of pyridine rings is 1. The molecule has 2 saturated heterocycles. The highest BCUT2D eigenvalue weighted by Gasteiger charge is 2.68. The number of anilines is 1. The van der Waals surface area contributed by atoms with Crippen LogP contribution < -0.4 is 15.4 Å². The minimum Gasteiger partial charge on any atom is -0.489 e.